The molecule has 0 bridgehead atoms. The lowest BCUT2D eigenvalue weighted by atomic mass is 10.1. The number of methoxy groups -OCH3 is 2. The maximum absolute atomic E-state index is 12.0. The Bertz CT molecular complexity index is 418. The van der Waals surface area contributed by atoms with Crippen LogP contribution in [-0.4, -0.2) is 32.7 Å². The number of halogens is 2. The molecule has 0 aromatic heterocycles. The first-order chi connectivity index (χ1) is 8.53. The molecule has 1 aromatic carbocycles. The van der Waals surface area contributed by atoms with Gasteiger partial charge in [0.2, 0.25) is 0 Å². The van der Waals surface area contributed by atoms with Gasteiger partial charge in [-0.1, -0.05) is 0 Å². The molecule has 0 aliphatic heterocycles. The first-order valence-corrected chi connectivity index (χ1v) is 6.25. The Morgan fingerprint density at radius 3 is 2.21 bits per heavy atom. The molecule has 3 N–H and O–H groups in total. The minimum absolute atomic E-state index is 0. The van der Waals surface area contributed by atoms with Crippen LogP contribution in [0.25, 0.3) is 0 Å². The summed E-state index contributed by atoms with van der Waals surface area (Å²) in [5.74, 6) is 0.872. The van der Waals surface area contributed by atoms with Crippen molar-refractivity contribution in [3.8, 4) is 11.5 Å². The molecular formula is C12H18BrClN2O3. The molecule has 0 saturated carbocycles. The number of nitrogens with two attached hydrogens (primary N) is 1. The van der Waals surface area contributed by atoms with Crippen molar-refractivity contribution >= 4 is 34.2 Å². The summed E-state index contributed by atoms with van der Waals surface area (Å²) in [6.45, 7) is 2.22. The fraction of sp³-hybridized carbons (Fsp3) is 0.417. The highest BCUT2D eigenvalue weighted by Gasteiger charge is 2.15. The van der Waals surface area contributed by atoms with Gasteiger partial charge in [-0.3, -0.25) is 4.79 Å². The van der Waals surface area contributed by atoms with Gasteiger partial charge in [0, 0.05) is 18.2 Å². The van der Waals surface area contributed by atoms with E-state index in [0.29, 0.717) is 28.1 Å². The summed E-state index contributed by atoms with van der Waals surface area (Å²) in [6, 6.07) is 3.20. The van der Waals surface area contributed by atoms with Gasteiger partial charge in [-0.15, -0.1) is 12.4 Å². The standard InChI is InChI=1S/C12H17BrN2O3.ClH/c1-7(6-14)15-12(16)8-4-9(17-2)11(13)10(5-8)18-3;/h4-5,7H,6,14H2,1-3H3,(H,15,16);1H/t7-;/m0./s1. The first-order valence-electron chi connectivity index (χ1n) is 5.46. The summed E-state index contributed by atoms with van der Waals surface area (Å²) in [6.07, 6.45) is 0. The van der Waals surface area contributed by atoms with Gasteiger partial charge in [-0.2, -0.15) is 0 Å². The molecule has 0 aliphatic carbocycles. The molecule has 1 aromatic rings. The molecule has 0 unspecified atom stereocenters. The molecular weight excluding hydrogens is 336 g/mol. The first kappa shape index (κ1) is 18.0. The van der Waals surface area contributed by atoms with Gasteiger partial charge in [0.25, 0.3) is 5.91 Å². The molecule has 0 heterocycles. The van der Waals surface area contributed by atoms with Crippen molar-refractivity contribution in [3.63, 3.8) is 0 Å². The molecule has 0 aliphatic rings. The topological polar surface area (TPSA) is 73.6 Å². The number of amides is 1. The predicted molar refractivity (Wildman–Crippen MR) is 80.5 cm³/mol. The molecule has 0 radical (unpaired) electrons. The molecule has 108 valence electrons. The molecule has 19 heavy (non-hydrogen) atoms. The summed E-state index contributed by atoms with van der Waals surface area (Å²) < 4.78 is 11.0. The highest BCUT2D eigenvalue weighted by Crippen LogP contribution is 2.35. The van der Waals surface area contributed by atoms with Gasteiger partial charge in [-0.25, -0.2) is 0 Å². The van der Waals surface area contributed by atoms with Crippen LogP contribution in [0.5, 0.6) is 11.5 Å². The number of benzene rings is 1. The van der Waals surface area contributed by atoms with E-state index in [-0.39, 0.29) is 24.4 Å². The van der Waals surface area contributed by atoms with Crippen molar-refractivity contribution in [2.75, 3.05) is 20.8 Å². The Morgan fingerprint density at radius 2 is 1.84 bits per heavy atom. The lowest BCUT2D eigenvalue weighted by Crippen LogP contribution is -2.37. The average Bonchev–Trinajstić information content (AvgIpc) is 2.38. The van der Waals surface area contributed by atoms with Crippen LogP contribution < -0.4 is 20.5 Å². The zero-order valence-corrected chi connectivity index (χ0v) is 13.4. The van der Waals surface area contributed by atoms with Crippen molar-refractivity contribution in [1.29, 1.82) is 0 Å². The molecule has 1 atom stereocenters. The quantitative estimate of drug-likeness (QED) is 0.849. The van der Waals surface area contributed by atoms with Crippen molar-refractivity contribution in [2.45, 2.75) is 13.0 Å². The van der Waals surface area contributed by atoms with E-state index in [0.717, 1.165) is 0 Å². The van der Waals surface area contributed by atoms with Crippen LogP contribution in [0.15, 0.2) is 16.6 Å². The van der Waals surface area contributed by atoms with E-state index in [2.05, 4.69) is 21.2 Å². The van der Waals surface area contributed by atoms with Crippen molar-refractivity contribution in [2.24, 2.45) is 5.73 Å². The van der Waals surface area contributed by atoms with Crippen LogP contribution >= 0.6 is 28.3 Å². The van der Waals surface area contributed by atoms with Crippen LogP contribution in [0.3, 0.4) is 0 Å². The lowest BCUT2D eigenvalue weighted by molar-refractivity contribution is 0.0940. The van der Waals surface area contributed by atoms with E-state index >= 15 is 0 Å². The zero-order chi connectivity index (χ0) is 13.7. The van der Waals surface area contributed by atoms with Gasteiger partial charge >= 0.3 is 0 Å². The number of hydrogen-bond donors (Lipinski definition) is 2. The average molecular weight is 354 g/mol. The van der Waals surface area contributed by atoms with E-state index in [1.807, 2.05) is 6.92 Å². The summed E-state index contributed by atoms with van der Waals surface area (Å²) in [7, 11) is 3.06. The number of nitrogens with one attached hydrogen (secondary N) is 1. The number of hydrogen-bond acceptors (Lipinski definition) is 4. The second-order valence-corrected chi connectivity index (χ2v) is 4.60. The Hall–Kier alpha value is -0.980. The fourth-order valence-corrected chi connectivity index (χ4v) is 1.92. The van der Waals surface area contributed by atoms with E-state index in [9.17, 15) is 4.79 Å². The summed E-state index contributed by atoms with van der Waals surface area (Å²) in [5.41, 5.74) is 5.93. The molecule has 0 saturated heterocycles. The van der Waals surface area contributed by atoms with Gasteiger partial charge in [-0.05, 0) is 35.0 Å². The second kappa shape index (κ2) is 8.24. The Morgan fingerprint density at radius 1 is 1.37 bits per heavy atom. The normalized spacial score (nSPS) is 11.2. The Balaban J connectivity index is 0.00000324. The smallest absolute Gasteiger partial charge is 0.251 e. The Labute approximate surface area is 127 Å². The molecule has 1 rings (SSSR count). The van der Waals surface area contributed by atoms with Crippen LogP contribution in [0, 0.1) is 0 Å². The Kier molecular flexibility index (Phi) is 7.82. The SMILES string of the molecule is COc1cc(C(=O)N[C@@H](C)CN)cc(OC)c1Br.Cl. The number of carbonyl (C=O) groups excluding carboxylic acids is 1. The van der Waals surface area contributed by atoms with Gasteiger partial charge in [0.1, 0.15) is 16.0 Å². The summed E-state index contributed by atoms with van der Waals surface area (Å²) in [4.78, 5) is 12.0. The third-order valence-corrected chi connectivity index (χ3v) is 3.22. The summed E-state index contributed by atoms with van der Waals surface area (Å²) >= 11 is 3.35. The van der Waals surface area contributed by atoms with Gasteiger partial charge in [0.15, 0.2) is 0 Å². The van der Waals surface area contributed by atoms with E-state index < -0.39 is 0 Å². The van der Waals surface area contributed by atoms with Crippen molar-refractivity contribution in [3.05, 3.63) is 22.2 Å². The minimum atomic E-state index is -0.211. The molecule has 0 fully saturated rings. The van der Waals surface area contributed by atoms with E-state index in [4.69, 9.17) is 15.2 Å². The van der Waals surface area contributed by atoms with Gasteiger partial charge in [0.05, 0.1) is 14.2 Å². The molecule has 0 spiro atoms. The number of ether oxygens (including phenoxy) is 2. The van der Waals surface area contributed by atoms with Crippen LogP contribution in [0.1, 0.15) is 17.3 Å². The van der Waals surface area contributed by atoms with E-state index in [1.165, 1.54) is 14.2 Å². The van der Waals surface area contributed by atoms with Crippen molar-refractivity contribution < 1.29 is 14.3 Å². The highest BCUT2D eigenvalue weighted by molar-refractivity contribution is 9.10. The van der Waals surface area contributed by atoms with Gasteiger partial charge < -0.3 is 20.5 Å². The summed E-state index contributed by atoms with van der Waals surface area (Å²) in [5, 5.41) is 2.78. The molecule has 7 heteroatoms. The van der Waals surface area contributed by atoms with Crippen LogP contribution in [-0.2, 0) is 0 Å². The minimum Gasteiger partial charge on any atom is -0.495 e. The highest BCUT2D eigenvalue weighted by atomic mass is 79.9. The fourth-order valence-electron chi connectivity index (χ4n) is 1.37. The van der Waals surface area contributed by atoms with Crippen LogP contribution in [0.2, 0.25) is 0 Å². The monoisotopic (exact) mass is 352 g/mol. The third kappa shape index (κ3) is 4.56. The number of rotatable bonds is 5. The molecule has 1 amide bonds. The maximum atomic E-state index is 12.0. The number of carbonyl (C=O) groups is 1. The van der Waals surface area contributed by atoms with Crippen LogP contribution in [0.4, 0.5) is 0 Å². The third-order valence-electron chi connectivity index (χ3n) is 2.44. The van der Waals surface area contributed by atoms with Crippen molar-refractivity contribution in [1.82, 2.24) is 5.32 Å². The second-order valence-electron chi connectivity index (χ2n) is 3.80. The molecule has 5 nitrogen and oxygen atoms in total. The maximum Gasteiger partial charge on any atom is 0.251 e. The largest absolute Gasteiger partial charge is 0.495 e. The zero-order valence-electron chi connectivity index (χ0n) is 11.0. The predicted octanol–water partition coefficient (Wildman–Crippen LogP) is 1.97. The van der Waals surface area contributed by atoms with E-state index in [1.54, 1.807) is 12.1 Å². The lowest BCUT2D eigenvalue weighted by Gasteiger charge is -2.14.